The molecule has 0 saturated carbocycles. The molecule has 1 aromatic heterocycles. The van der Waals surface area contributed by atoms with Crippen LogP contribution in [0.2, 0.25) is 5.02 Å². The highest BCUT2D eigenvalue weighted by Gasteiger charge is 2.47. The minimum absolute atomic E-state index is 0.0401. The molecule has 2 unspecified atom stereocenters. The largest absolute Gasteiger partial charge is 0.507 e. The van der Waals surface area contributed by atoms with E-state index in [2.05, 4.69) is 4.98 Å². The van der Waals surface area contributed by atoms with Gasteiger partial charge < -0.3 is 14.7 Å². The number of ketones is 1. The van der Waals surface area contributed by atoms with Crippen LogP contribution in [0.5, 0.6) is 0 Å². The molecule has 4 rings (SSSR count). The highest BCUT2D eigenvalue weighted by molar-refractivity contribution is 6.46. The fourth-order valence-electron chi connectivity index (χ4n) is 3.75. The van der Waals surface area contributed by atoms with Gasteiger partial charge in [0.2, 0.25) is 0 Å². The minimum Gasteiger partial charge on any atom is -0.507 e. The van der Waals surface area contributed by atoms with Gasteiger partial charge in [-0.25, -0.2) is 0 Å². The smallest absolute Gasteiger partial charge is 0.295 e. The quantitative estimate of drug-likeness (QED) is 0.485. The number of nitrogens with zero attached hydrogens (tertiary/aromatic N) is 2. The van der Waals surface area contributed by atoms with Crippen LogP contribution in [0, 0.1) is 0 Å². The summed E-state index contributed by atoms with van der Waals surface area (Å²) in [5.41, 5.74) is 1.08. The lowest BCUT2D eigenvalue weighted by atomic mass is 9.96. The third kappa shape index (κ3) is 3.41. The number of Topliss-reactive ketones (excluding diaryl/α,β-unsaturated/α-hetero) is 1. The van der Waals surface area contributed by atoms with Gasteiger partial charge in [-0.2, -0.15) is 0 Å². The summed E-state index contributed by atoms with van der Waals surface area (Å²) in [6.07, 6.45) is 4.85. The molecule has 2 aromatic rings. The van der Waals surface area contributed by atoms with Crippen LogP contribution in [0.3, 0.4) is 0 Å². The summed E-state index contributed by atoms with van der Waals surface area (Å²) in [7, 11) is 0. The maximum Gasteiger partial charge on any atom is 0.295 e. The van der Waals surface area contributed by atoms with Crippen molar-refractivity contribution < 1.29 is 19.4 Å². The van der Waals surface area contributed by atoms with Crippen molar-refractivity contribution in [3.63, 3.8) is 0 Å². The maximum atomic E-state index is 12.9. The summed E-state index contributed by atoms with van der Waals surface area (Å²) in [5, 5.41) is 11.3. The van der Waals surface area contributed by atoms with Gasteiger partial charge in [-0.3, -0.25) is 14.6 Å². The van der Waals surface area contributed by atoms with E-state index in [0.29, 0.717) is 22.8 Å². The number of aliphatic hydroxyl groups excluding tert-OH is 1. The van der Waals surface area contributed by atoms with Gasteiger partial charge in [0, 0.05) is 36.1 Å². The SMILES string of the molecule is O=C1C(=O)N(CC2CCCO2)C(c2cccnc2)/C1=C(/O)c1cccc(Cl)c1. The molecule has 7 heteroatoms. The predicted molar refractivity (Wildman–Crippen MR) is 104 cm³/mol. The van der Waals surface area contributed by atoms with E-state index in [0.717, 1.165) is 12.8 Å². The van der Waals surface area contributed by atoms with E-state index in [1.54, 1.807) is 48.8 Å². The van der Waals surface area contributed by atoms with Gasteiger partial charge >= 0.3 is 0 Å². The summed E-state index contributed by atoms with van der Waals surface area (Å²) in [4.78, 5) is 31.3. The summed E-state index contributed by atoms with van der Waals surface area (Å²) >= 11 is 6.03. The van der Waals surface area contributed by atoms with Crippen LogP contribution in [0.4, 0.5) is 0 Å². The Labute approximate surface area is 167 Å². The standard InChI is InChI=1S/C21H19ClN2O4/c22-15-6-1-4-13(10-15)19(25)17-18(14-5-2-8-23-11-14)24(21(27)20(17)26)12-16-7-3-9-28-16/h1-2,4-6,8,10-11,16,18,25H,3,7,9,12H2/b19-17-. The molecule has 2 saturated heterocycles. The van der Waals surface area contributed by atoms with Gasteiger partial charge in [-0.05, 0) is 36.6 Å². The number of ether oxygens (including phenoxy) is 1. The lowest BCUT2D eigenvalue weighted by molar-refractivity contribution is -0.140. The fraction of sp³-hybridized carbons (Fsp3) is 0.286. The molecule has 2 aliphatic heterocycles. The van der Waals surface area contributed by atoms with Crippen LogP contribution in [0.1, 0.15) is 30.0 Å². The molecule has 2 aliphatic rings. The lowest BCUT2D eigenvalue weighted by Crippen LogP contribution is -2.36. The normalized spacial score (nSPS) is 24.1. The zero-order chi connectivity index (χ0) is 19.7. The number of benzene rings is 1. The number of carbonyl (C=O) groups excluding carboxylic acids is 2. The third-order valence-electron chi connectivity index (χ3n) is 5.06. The average molecular weight is 399 g/mol. The van der Waals surface area contributed by atoms with Crippen molar-refractivity contribution in [2.75, 3.05) is 13.2 Å². The van der Waals surface area contributed by atoms with Gasteiger partial charge in [-0.15, -0.1) is 0 Å². The Bertz CT molecular complexity index is 938. The van der Waals surface area contributed by atoms with Crippen molar-refractivity contribution in [1.29, 1.82) is 0 Å². The van der Waals surface area contributed by atoms with Gasteiger partial charge in [0.05, 0.1) is 17.7 Å². The Morgan fingerprint density at radius 3 is 2.82 bits per heavy atom. The number of rotatable bonds is 4. The van der Waals surface area contributed by atoms with Gasteiger partial charge in [0.15, 0.2) is 0 Å². The molecule has 1 N–H and O–H groups in total. The Morgan fingerprint density at radius 1 is 1.29 bits per heavy atom. The first-order valence-electron chi connectivity index (χ1n) is 9.12. The Balaban J connectivity index is 1.82. The van der Waals surface area contributed by atoms with Crippen molar-refractivity contribution in [3.8, 4) is 0 Å². The number of aromatic nitrogens is 1. The van der Waals surface area contributed by atoms with Gasteiger partial charge in [-0.1, -0.05) is 29.8 Å². The number of hydrogen-bond acceptors (Lipinski definition) is 5. The van der Waals surface area contributed by atoms with Crippen LogP contribution in [-0.4, -0.2) is 45.9 Å². The number of halogens is 1. The molecular weight excluding hydrogens is 380 g/mol. The van der Waals surface area contributed by atoms with E-state index in [1.807, 2.05) is 0 Å². The Kier molecular flexibility index (Phi) is 5.15. The van der Waals surface area contributed by atoms with Crippen molar-refractivity contribution in [2.45, 2.75) is 25.0 Å². The van der Waals surface area contributed by atoms with E-state index >= 15 is 0 Å². The third-order valence-corrected chi connectivity index (χ3v) is 5.30. The second kappa shape index (κ2) is 7.73. The molecule has 0 bridgehead atoms. The first kappa shape index (κ1) is 18.7. The lowest BCUT2D eigenvalue weighted by Gasteiger charge is -2.27. The van der Waals surface area contributed by atoms with Crippen LogP contribution in [-0.2, 0) is 14.3 Å². The first-order chi connectivity index (χ1) is 13.6. The molecule has 6 nitrogen and oxygen atoms in total. The van der Waals surface area contributed by atoms with Crippen LogP contribution < -0.4 is 0 Å². The van der Waals surface area contributed by atoms with Crippen LogP contribution in [0.15, 0.2) is 54.4 Å². The Morgan fingerprint density at radius 2 is 2.14 bits per heavy atom. The molecule has 2 fully saturated rings. The van der Waals surface area contributed by atoms with E-state index in [-0.39, 0.29) is 24.0 Å². The number of aliphatic hydroxyl groups is 1. The molecule has 144 valence electrons. The maximum absolute atomic E-state index is 12.9. The molecule has 0 spiro atoms. The van der Waals surface area contributed by atoms with E-state index < -0.39 is 17.7 Å². The second-order valence-corrected chi connectivity index (χ2v) is 7.32. The summed E-state index contributed by atoms with van der Waals surface area (Å²) in [6.45, 7) is 0.936. The molecule has 28 heavy (non-hydrogen) atoms. The predicted octanol–water partition coefficient (Wildman–Crippen LogP) is 3.34. The highest BCUT2D eigenvalue weighted by atomic mass is 35.5. The fourth-order valence-corrected chi connectivity index (χ4v) is 3.94. The second-order valence-electron chi connectivity index (χ2n) is 6.88. The number of hydrogen-bond donors (Lipinski definition) is 1. The summed E-state index contributed by atoms with van der Waals surface area (Å²) < 4.78 is 5.66. The average Bonchev–Trinajstić information content (AvgIpc) is 3.30. The van der Waals surface area contributed by atoms with E-state index in [1.165, 1.54) is 4.90 Å². The van der Waals surface area contributed by atoms with E-state index in [9.17, 15) is 14.7 Å². The summed E-state index contributed by atoms with van der Waals surface area (Å²) in [5.74, 6) is -1.61. The zero-order valence-corrected chi connectivity index (χ0v) is 15.8. The Hall–Kier alpha value is -2.70. The van der Waals surface area contributed by atoms with Crippen LogP contribution >= 0.6 is 11.6 Å². The summed E-state index contributed by atoms with van der Waals surface area (Å²) in [6, 6.07) is 9.36. The monoisotopic (exact) mass is 398 g/mol. The minimum atomic E-state index is -0.725. The first-order valence-corrected chi connectivity index (χ1v) is 9.50. The van der Waals surface area contributed by atoms with Crippen LogP contribution in [0.25, 0.3) is 5.76 Å². The molecule has 1 aromatic carbocycles. The van der Waals surface area contributed by atoms with E-state index in [4.69, 9.17) is 16.3 Å². The highest BCUT2D eigenvalue weighted by Crippen LogP contribution is 2.39. The van der Waals surface area contributed by atoms with Gasteiger partial charge in [0.25, 0.3) is 11.7 Å². The van der Waals surface area contributed by atoms with Crippen molar-refractivity contribution in [3.05, 3.63) is 70.5 Å². The molecule has 2 atom stereocenters. The molecule has 1 amide bonds. The number of amides is 1. The van der Waals surface area contributed by atoms with Gasteiger partial charge in [0.1, 0.15) is 5.76 Å². The molecule has 3 heterocycles. The number of likely N-dealkylation sites (tertiary alicyclic amines) is 1. The molecule has 0 aliphatic carbocycles. The van der Waals surface area contributed by atoms with Crippen molar-refractivity contribution in [2.24, 2.45) is 0 Å². The number of carbonyl (C=O) groups is 2. The molecule has 0 radical (unpaired) electrons. The molecular formula is C21H19ClN2O4. The zero-order valence-electron chi connectivity index (χ0n) is 15.0. The van der Waals surface area contributed by atoms with Crippen molar-refractivity contribution in [1.82, 2.24) is 9.88 Å². The topological polar surface area (TPSA) is 79.7 Å². The number of pyridine rings is 1. The van der Waals surface area contributed by atoms with Crippen molar-refractivity contribution >= 4 is 29.1 Å².